The maximum atomic E-state index is 12.3. The maximum absolute atomic E-state index is 12.3. The molecule has 1 aromatic carbocycles. The highest BCUT2D eigenvalue weighted by molar-refractivity contribution is 6.30. The molecule has 0 aromatic heterocycles. The Morgan fingerprint density at radius 2 is 2.00 bits per heavy atom. The predicted molar refractivity (Wildman–Crippen MR) is 86.4 cm³/mol. The molecule has 24 heavy (non-hydrogen) atoms. The molecule has 128 valence electrons. The number of carbonyl (C=O) groups excluding carboxylic acids is 2. The van der Waals surface area contributed by atoms with Crippen LogP contribution < -0.4 is 0 Å². The Balaban J connectivity index is 2.16. The lowest BCUT2D eigenvalue weighted by atomic mass is 9.55. The van der Waals surface area contributed by atoms with E-state index in [9.17, 15) is 24.8 Å². The van der Waals surface area contributed by atoms with Crippen molar-refractivity contribution in [2.45, 2.75) is 43.7 Å². The van der Waals surface area contributed by atoms with Crippen molar-refractivity contribution in [3.8, 4) is 0 Å². The lowest BCUT2D eigenvalue weighted by Gasteiger charge is -2.49. The van der Waals surface area contributed by atoms with E-state index in [1.807, 2.05) is 0 Å². The lowest BCUT2D eigenvalue weighted by Crippen LogP contribution is -2.64. The number of Topliss-reactive ketones (excluding diaryl/α,β-unsaturated/α-hetero) is 1. The first-order valence-corrected chi connectivity index (χ1v) is 8.22. The standard InChI is InChI=1S/C17H18ClNO5/c1-16-8-11(9-20)14(10-2-4-12(18)5-3-10)15(19(23)24)17(16,22)7-6-13(16)21/h2-5,9,11,14-15,22H,6-8H2,1H3/t11-,14-,15+,16-,17+/m1/s1. The van der Waals surface area contributed by atoms with Gasteiger partial charge in [-0.1, -0.05) is 23.7 Å². The fourth-order valence-corrected chi connectivity index (χ4v) is 4.67. The molecule has 1 N–H and O–H groups in total. The fourth-order valence-electron chi connectivity index (χ4n) is 4.54. The number of rotatable bonds is 3. The number of fused-ring (bicyclic) bond motifs is 1. The molecule has 5 atom stereocenters. The zero-order chi connectivity index (χ0) is 17.7. The van der Waals surface area contributed by atoms with Gasteiger partial charge in [-0.3, -0.25) is 14.9 Å². The van der Waals surface area contributed by atoms with Crippen molar-refractivity contribution in [3.05, 3.63) is 45.0 Å². The lowest BCUT2D eigenvalue weighted by molar-refractivity contribution is -0.559. The van der Waals surface area contributed by atoms with Crippen LogP contribution in [0.4, 0.5) is 0 Å². The van der Waals surface area contributed by atoms with Crippen molar-refractivity contribution in [2.75, 3.05) is 0 Å². The summed E-state index contributed by atoms with van der Waals surface area (Å²) < 4.78 is 0. The van der Waals surface area contributed by atoms with Crippen molar-refractivity contribution < 1.29 is 19.6 Å². The molecular formula is C17H18ClNO5. The van der Waals surface area contributed by atoms with Gasteiger partial charge < -0.3 is 9.90 Å². The molecule has 0 heterocycles. The molecule has 3 rings (SSSR count). The number of hydrogen-bond donors (Lipinski definition) is 1. The third-order valence-corrected chi connectivity index (χ3v) is 6.15. The minimum Gasteiger partial charge on any atom is -0.382 e. The number of nitrogens with zero attached hydrogens (tertiary/aromatic N) is 1. The number of carbonyl (C=O) groups is 2. The number of halogens is 1. The van der Waals surface area contributed by atoms with Gasteiger partial charge in [0.25, 0.3) is 0 Å². The summed E-state index contributed by atoms with van der Waals surface area (Å²) in [6.45, 7) is 1.55. The third-order valence-electron chi connectivity index (χ3n) is 5.90. The average Bonchev–Trinajstić information content (AvgIpc) is 2.77. The van der Waals surface area contributed by atoms with Crippen molar-refractivity contribution in [1.82, 2.24) is 0 Å². The van der Waals surface area contributed by atoms with E-state index in [1.165, 1.54) is 0 Å². The molecule has 6 nitrogen and oxygen atoms in total. The van der Waals surface area contributed by atoms with Crippen LogP contribution in [0.5, 0.6) is 0 Å². The van der Waals surface area contributed by atoms with E-state index >= 15 is 0 Å². The summed E-state index contributed by atoms with van der Waals surface area (Å²) >= 11 is 5.88. The third kappa shape index (κ3) is 2.20. The molecule has 2 fully saturated rings. The smallest absolute Gasteiger partial charge is 0.249 e. The van der Waals surface area contributed by atoms with Gasteiger partial charge in [-0.15, -0.1) is 0 Å². The van der Waals surface area contributed by atoms with Gasteiger partial charge in [-0.05, 0) is 37.5 Å². The molecular weight excluding hydrogens is 334 g/mol. The summed E-state index contributed by atoms with van der Waals surface area (Å²) in [6, 6.07) is 5.07. The fraction of sp³-hybridized carbons (Fsp3) is 0.529. The van der Waals surface area contributed by atoms with Crippen LogP contribution in [0.1, 0.15) is 37.7 Å². The first-order valence-electron chi connectivity index (χ1n) is 7.84. The summed E-state index contributed by atoms with van der Waals surface area (Å²) in [5.74, 6) is -1.72. The van der Waals surface area contributed by atoms with E-state index in [0.29, 0.717) is 16.9 Å². The van der Waals surface area contributed by atoms with E-state index in [2.05, 4.69) is 0 Å². The van der Waals surface area contributed by atoms with Gasteiger partial charge in [0, 0.05) is 22.3 Å². The first-order chi connectivity index (χ1) is 11.2. The van der Waals surface area contributed by atoms with Gasteiger partial charge in [0.2, 0.25) is 6.04 Å². The van der Waals surface area contributed by atoms with Crippen LogP contribution in [-0.4, -0.2) is 33.7 Å². The molecule has 0 spiro atoms. The van der Waals surface area contributed by atoms with E-state index in [0.717, 1.165) is 0 Å². The van der Waals surface area contributed by atoms with Gasteiger partial charge in [-0.2, -0.15) is 0 Å². The molecule has 0 radical (unpaired) electrons. The molecule has 2 saturated carbocycles. The molecule has 1 aromatic rings. The van der Waals surface area contributed by atoms with Crippen LogP contribution in [0.2, 0.25) is 5.02 Å². The number of aliphatic hydroxyl groups is 1. The second-order valence-corrected chi connectivity index (χ2v) is 7.43. The van der Waals surface area contributed by atoms with Crippen molar-refractivity contribution >= 4 is 23.7 Å². The summed E-state index contributed by atoms with van der Waals surface area (Å²) in [7, 11) is 0. The second-order valence-electron chi connectivity index (χ2n) is 6.99. The zero-order valence-corrected chi connectivity index (χ0v) is 13.9. The minimum absolute atomic E-state index is 0.0453. The Labute approximate surface area is 144 Å². The highest BCUT2D eigenvalue weighted by atomic mass is 35.5. The van der Waals surface area contributed by atoms with Gasteiger partial charge >= 0.3 is 0 Å². The minimum atomic E-state index is -1.75. The Morgan fingerprint density at radius 1 is 1.38 bits per heavy atom. The number of benzene rings is 1. The van der Waals surface area contributed by atoms with Crippen LogP contribution in [-0.2, 0) is 9.59 Å². The number of hydrogen-bond acceptors (Lipinski definition) is 5. The summed E-state index contributed by atoms with van der Waals surface area (Å²) in [4.78, 5) is 35.3. The molecule has 7 heteroatoms. The Hall–Kier alpha value is -1.79. The van der Waals surface area contributed by atoms with Crippen LogP contribution >= 0.6 is 11.6 Å². The van der Waals surface area contributed by atoms with Crippen LogP contribution in [0.3, 0.4) is 0 Å². The van der Waals surface area contributed by atoms with E-state index < -0.39 is 33.8 Å². The quantitative estimate of drug-likeness (QED) is 0.512. The largest absolute Gasteiger partial charge is 0.382 e. The summed E-state index contributed by atoms with van der Waals surface area (Å²) in [5.41, 5.74) is -2.44. The number of nitro groups is 1. The Bertz CT molecular complexity index is 705. The highest BCUT2D eigenvalue weighted by Gasteiger charge is 2.71. The maximum Gasteiger partial charge on any atom is 0.249 e. The predicted octanol–water partition coefficient (Wildman–Crippen LogP) is 2.39. The molecule has 0 aliphatic heterocycles. The SMILES string of the molecule is C[C@]12C[C@H](C=O)[C@@H](c3ccc(Cl)cc3)[C@H]([N+](=O)[O-])[C@@]1(O)CCC2=O. The molecule has 0 saturated heterocycles. The van der Waals surface area contributed by atoms with Crippen LogP contribution in [0.25, 0.3) is 0 Å². The number of ketones is 1. The molecule has 2 aliphatic carbocycles. The Morgan fingerprint density at radius 3 is 2.54 bits per heavy atom. The normalized spacial score (nSPS) is 38.6. The number of aldehydes is 1. The van der Waals surface area contributed by atoms with Gasteiger partial charge in [0.15, 0.2) is 0 Å². The van der Waals surface area contributed by atoms with Gasteiger partial charge in [0.1, 0.15) is 17.7 Å². The first kappa shape index (κ1) is 17.0. The summed E-state index contributed by atoms with van der Waals surface area (Å²) in [6.07, 6.45) is 0.926. The van der Waals surface area contributed by atoms with E-state index in [-0.39, 0.29) is 25.0 Å². The molecule has 0 amide bonds. The molecule has 2 aliphatic rings. The van der Waals surface area contributed by atoms with Crippen molar-refractivity contribution in [2.24, 2.45) is 11.3 Å². The van der Waals surface area contributed by atoms with E-state index in [4.69, 9.17) is 11.6 Å². The Kier molecular flexibility index (Phi) is 4.00. The van der Waals surface area contributed by atoms with Crippen molar-refractivity contribution in [3.63, 3.8) is 0 Å². The monoisotopic (exact) mass is 351 g/mol. The molecule has 0 bridgehead atoms. The van der Waals surface area contributed by atoms with Gasteiger partial charge in [0.05, 0.1) is 11.3 Å². The van der Waals surface area contributed by atoms with E-state index in [1.54, 1.807) is 31.2 Å². The highest BCUT2D eigenvalue weighted by Crippen LogP contribution is 2.58. The van der Waals surface area contributed by atoms with Crippen LogP contribution in [0, 0.1) is 21.4 Å². The van der Waals surface area contributed by atoms with Crippen LogP contribution in [0.15, 0.2) is 24.3 Å². The van der Waals surface area contributed by atoms with Gasteiger partial charge in [-0.25, -0.2) is 0 Å². The summed E-state index contributed by atoms with van der Waals surface area (Å²) in [5, 5.41) is 23.5. The zero-order valence-electron chi connectivity index (χ0n) is 13.1. The molecule has 0 unspecified atom stereocenters. The van der Waals surface area contributed by atoms with Crippen molar-refractivity contribution in [1.29, 1.82) is 0 Å². The average molecular weight is 352 g/mol. The topological polar surface area (TPSA) is 97.5 Å². The second kappa shape index (κ2) is 5.63.